The number of carbonyl (C=O) groups is 2. The van der Waals surface area contributed by atoms with Crippen LogP contribution in [0.3, 0.4) is 0 Å². The number of nitrogens with one attached hydrogen (secondary N) is 2. The predicted octanol–water partition coefficient (Wildman–Crippen LogP) is 5.01. The SMILES string of the molecule is COc1ccc(C(=O)N2CCc3ccc(CNC(=O)Nc4ccc(F)c(Cl)c4)cc32)cc1. The largest absolute Gasteiger partial charge is 0.497 e. The van der Waals surface area contributed by atoms with Crippen molar-refractivity contribution in [3.8, 4) is 5.75 Å². The van der Waals surface area contributed by atoms with E-state index in [0.29, 0.717) is 23.5 Å². The van der Waals surface area contributed by atoms with E-state index in [1.165, 1.54) is 18.2 Å². The van der Waals surface area contributed by atoms with Gasteiger partial charge in [0.2, 0.25) is 0 Å². The third-order valence-corrected chi connectivity index (χ3v) is 5.55. The van der Waals surface area contributed by atoms with Gasteiger partial charge in [0.05, 0.1) is 12.1 Å². The molecule has 3 aromatic rings. The van der Waals surface area contributed by atoms with Crippen LogP contribution in [-0.2, 0) is 13.0 Å². The quantitative estimate of drug-likeness (QED) is 0.570. The van der Waals surface area contributed by atoms with Gasteiger partial charge in [0.15, 0.2) is 0 Å². The number of halogens is 2. The molecule has 1 heterocycles. The molecule has 3 amide bonds. The third kappa shape index (κ3) is 4.68. The first-order valence-electron chi connectivity index (χ1n) is 10.0. The molecule has 1 aliphatic heterocycles. The zero-order valence-corrected chi connectivity index (χ0v) is 18.1. The average Bonchev–Trinajstić information content (AvgIpc) is 3.23. The first-order chi connectivity index (χ1) is 15.4. The van der Waals surface area contributed by atoms with Crippen molar-refractivity contribution < 1.29 is 18.7 Å². The van der Waals surface area contributed by atoms with Crippen molar-refractivity contribution in [2.24, 2.45) is 0 Å². The standard InChI is InChI=1S/C24H21ClFN3O3/c1-32-19-7-4-17(5-8-19)23(30)29-11-10-16-3-2-15(12-22(16)29)14-27-24(31)28-18-6-9-21(26)20(25)13-18/h2-9,12-13H,10-11,14H2,1H3,(H2,27,28,31). The molecule has 0 spiro atoms. The Morgan fingerprint density at radius 3 is 2.59 bits per heavy atom. The van der Waals surface area contributed by atoms with Crippen LogP contribution in [0.25, 0.3) is 0 Å². The number of carbonyl (C=O) groups excluding carboxylic acids is 2. The Hall–Kier alpha value is -3.58. The second-order valence-corrected chi connectivity index (χ2v) is 7.74. The second-order valence-electron chi connectivity index (χ2n) is 7.33. The molecule has 32 heavy (non-hydrogen) atoms. The van der Waals surface area contributed by atoms with Gasteiger partial charge < -0.3 is 20.3 Å². The zero-order valence-electron chi connectivity index (χ0n) is 17.3. The van der Waals surface area contributed by atoms with E-state index in [1.807, 2.05) is 18.2 Å². The van der Waals surface area contributed by atoms with Crippen LogP contribution in [0, 0.1) is 5.82 Å². The minimum Gasteiger partial charge on any atom is -0.497 e. The number of nitrogens with zero attached hydrogens (tertiary/aromatic N) is 1. The molecule has 3 aromatic carbocycles. The number of hydrogen-bond acceptors (Lipinski definition) is 3. The summed E-state index contributed by atoms with van der Waals surface area (Å²) in [5, 5.41) is 5.30. The number of anilines is 2. The fraction of sp³-hybridized carbons (Fsp3) is 0.167. The fourth-order valence-electron chi connectivity index (χ4n) is 3.57. The summed E-state index contributed by atoms with van der Waals surface area (Å²) in [6.45, 7) is 0.863. The van der Waals surface area contributed by atoms with Gasteiger partial charge in [-0.2, -0.15) is 0 Å². The van der Waals surface area contributed by atoms with Gasteiger partial charge in [-0.15, -0.1) is 0 Å². The first-order valence-corrected chi connectivity index (χ1v) is 10.4. The van der Waals surface area contributed by atoms with E-state index in [4.69, 9.17) is 16.3 Å². The number of amides is 3. The highest BCUT2D eigenvalue weighted by Gasteiger charge is 2.26. The van der Waals surface area contributed by atoms with E-state index in [1.54, 1.807) is 36.3 Å². The minimum atomic E-state index is -0.551. The normalized spacial score (nSPS) is 12.3. The maximum atomic E-state index is 13.3. The van der Waals surface area contributed by atoms with Crippen molar-refractivity contribution in [1.29, 1.82) is 0 Å². The number of fused-ring (bicyclic) bond motifs is 1. The van der Waals surface area contributed by atoms with Gasteiger partial charge in [-0.1, -0.05) is 23.7 Å². The number of urea groups is 1. The molecule has 4 rings (SSSR count). The van der Waals surface area contributed by atoms with Crippen LogP contribution >= 0.6 is 11.6 Å². The molecule has 0 saturated heterocycles. The summed E-state index contributed by atoms with van der Waals surface area (Å²) in [6.07, 6.45) is 0.775. The second kappa shape index (κ2) is 9.28. The molecule has 8 heteroatoms. The highest BCUT2D eigenvalue weighted by Crippen LogP contribution is 2.31. The van der Waals surface area contributed by atoms with Crippen molar-refractivity contribution in [3.05, 3.63) is 88.2 Å². The lowest BCUT2D eigenvalue weighted by Crippen LogP contribution is -2.29. The molecular formula is C24H21ClFN3O3. The molecule has 0 bridgehead atoms. The molecule has 0 unspecified atom stereocenters. The topological polar surface area (TPSA) is 70.7 Å². The Balaban J connectivity index is 1.42. The number of benzene rings is 3. The van der Waals surface area contributed by atoms with Gasteiger partial charge in [-0.25, -0.2) is 9.18 Å². The van der Waals surface area contributed by atoms with Crippen LogP contribution in [0.4, 0.5) is 20.6 Å². The summed E-state index contributed by atoms with van der Waals surface area (Å²) in [7, 11) is 1.58. The van der Waals surface area contributed by atoms with Crippen molar-refractivity contribution in [2.75, 3.05) is 23.9 Å². The summed E-state index contributed by atoms with van der Waals surface area (Å²) >= 11 is 5.74. The zero-order chi connectivity index (χ0) is 22.7. The molecule has 6 nitrogen and oxygen atoms in total. The van der Waals surface area contributed by atoms with Gasteiger partial charge >= 0.3 is 6.03 Å². The maximum absolute atomic E-state index is 13.3. The van der Waals surface area contributed by atoms with Gasteiger partial charge in [-0.05, 0) is 66.1 Å². The lowest BCUT2D eigenvalue weighted by atomic mass is 10.1. The van der Waals surface area contributed by atoms with Crippen LogP contribution in [0.5, 0.6) is 5.75 Å². The van der Waals surface area contributed by atoms with Crippen LogP contribution in [0.1, 0.15) is 21.5 Å². The predicted molar refractivity (Wildman–Crippen MR) is 122 cm³/mol. The molecule has 0 aliphatic carbocycles. The molecule has 0 saturated carbocycles. The van der Waals surface area contributed by atoms with Crippen molar-refractivity contribution in [3.63, 3.8) is 0 Å². The smallest absolute Gasteiger partial charge is 0.319 e. The van der Waals surface area contributed by atoms with Crippen molar-refractivity contribution in [2.45, 2.75) is 13.0 Å². The Labute approximate surface area is 189 Å². The molecule has 0 radical (unpaired) electrons. The Bertz CT molecular complexity index is 1170. The summed E-state index contributed by atoms with van der Waals surface area (Å²) < 4.78 is 18.4. The van der Waals surface area contributed by atoms with Gasteiger partial charge in [0, 0.05) is 30.0 Å². The van der Waals surface area contributed by atoms with Crippen molar-refractivity contribution >= 4 is 34.9 Å². The Morgan fingerprint density at radius 1 is 1.09 bits per heavy atom. The Morgan fingerprint density at radius 2 is 1.88 bits per heavy atom. The molecule has 164 valence electrons. The summed E-state index contributed by atoms with van der Waals surface area (Å²) in [5.41, 5.74) is 3.75. The maximum Gasteiger partial charge on any atom is 0.319 e. The van der Waals surface area contributed by atoms with Gasteiger partial charge in [0.1, 0.15) is 11.6 Å². The number of hydrogen-bond donors (Lipinski definition) is 2. The van der Waals surface area contributed by atoms with Gasteiger partial charge in [-0.3, -0.25) is 4.79 Å². The van der Waals surface area contributed by atoms with E-state index in [2.05, 4.69) is 10.6 Å². The van der Waals surface area contributed by atoms with Crippen LogP contribution in [0.2, 0.25) is 5.02 Å². The number of methoxy groups -OCH3 is 1. The number of ether oxygens (including phenoxy) is 1. The highest BCUT2D eigenvalue weighted by molar-refractivity contribution is 6.31. The molecule has 1 aliphatic rings. The molecular weight excluding hydrogens is 433 g/mol. The van der Waals surface area contributed by atoms with Gasteiger partial charge in [0.25, 0.3) is 5.91 Å². The molecule has 0 aromatic heterocycles. The molecule has 0 atom stereocenters. The van der Waals surface area contributed by atoms with E-state index < -0.39 is 11.8 Å². The van der Waals surface area contributed by atoms with E-state index in [9.17, 15) is 14.0 Å². The lowest BCUT2D eigenvalue weighted by molar-refractivity contribution is 0.0989. The van der Waals surface area contributed by atoms with Crippen molar-refractivity contribution in [1.82, 2.24) is 5.32 Å². The summed E-state index contributed by atoms with van der Waals surface area (Å²) in [4.78, 5) is 27.0. The lowest BCUT2D eigenvalue weighted by Gasteiger charge is -2.18. The van der Waals surface area contributed by atoms with Crippen LogP contribution in [0.15, 0.2) is 60.7 Å². The van der Waals surface area contributed by atoms with E-state index in [0.717, 1.165) is 23.2 Å². The third-order valence-electron chi connectivity index (χ3n) is 5.26. The molecule has 2 N–H and O–H groups in total. The Kier molecular flexibility index (Phi) is 6.28. The fourth-order valence-corrected chi connectivity index (χ4v) is 3.75. The summed E-state index contributed by atoms with van der Waals surface area (Å²) in [5.74, 6) is 0.0601. The summed E-state index contributed by atoms with van der Waals surface area (Å²) in [6, 6.07) is 16.3. The number of rotatable bonds is 5. The van der Waals surface area contributed by atoms with Crippen LogP contribution < -0.4 is 20.3 Å². The van der Waals surface area contributed by atoms with Crippen LogP contribution in [-0.4, -0.2) is 25.6 Å². The highest BCUT2D eigenvalue weighted by atomic mass is 35.5. The first kappa shape index (κ1) is 21.6. The monoisotopic (exact) mass is 453 g/mol. The average molecular weight is 454 g/mol. The van der Waals surface area contributed by atoms with E-state index in [-0.39, 0.29) is 17.5 Å². The minimum absolute atomic E-state index is 0.0666. The molecule has 0 fully saturated rings. The van der Waals surface area contributed by atoms with E-state index >= 15 is 0 Å².